The molecule has 27 heavy (non-hydrogen) atoms. The van der Waals surface area contributed by atoms with Crippen molar-refractivity contribution in [2.75, 3.05) is 18.0 Å². The predicted molar refractivity (Wildman–Crippen MR) is 101 cm³/mol. The zero-order chi connectivity index (χ0) is 19.0. The fourth-order valence-corrected chi connectivity index (χ4v) is 3.91. The Kier molecular flexibility index (Phi) is 4.56. The smallest absolute Gasteiger partial charge is 0.321 e. The molecule has 0 aliphatic carbocycles. The van der Waals surface area contributed by atoms with Crippen molar-refractivity contribution in [3.63, 3.8) is 0 Å². The third-order valence-electron chi connectivity index (χ3n) is 5.44. The highest BCUT2D eigenvalue weighted by Gasteiger charge is 2.31. The van der Waals surface area contributed by atoms with Crippen molar-refractivity contribution in [2.24, 2.45) is 0 Å². The van der Waals surface area contributed by atoms with Crippen molar-refractivity contribution in [3.05, 3.63) is 65.0 Å². The summed E-state index contributed by atoms with van der Waals surface area (Å²) in [5.74, 6) is -0.882. The number of hydrogen-bond donors (Lipinski definition) is 1. The minimum absolute atomic E-state index is 0.0185. The maximum Gasteiger partial charge on any atom is 0.321 e. The molecule has 0 aromatic heterocycles. The Hall–Kier alpha value is -2.89. The van der Waals surface area contributed by atoms with Gasteiger partial charge in [0, 0.05) is 31.4 Å². The number of rotatable bonds is 3. The van der Waals surface area contributed by atoms with Crippen LogP contribution in [0.5, 0.6) is 0 Å². The Labute approximate surface area is 157 Å². The molecular formula is C21H22FN3O2. The van der Waals surface area contributed by atoms with Crippen molar-refractivity contribution in [1.82, 2.24) is 10.2 Å². The average Bonchev–Trinajstić information content (AvgIpc) is 3.12. The standard InChI is InChI=1S/C21H22FN3O2/c1-2-16-11-14-5-3-4-6-15(14)13-25(16)20(26)18-12-17(7-8-19(18)22)24-10-9-23-21(24)27/h3-8,12,16H,2,9-11,13H2,1H3,(H,23,27). The van der Waals surface area contributed by atoms with Gasteiger partial charge in [0.25, 0.3) is 5.91 Å². The molecule has 0 bridgehead atoms. The average molecular weight is 367 g/mol. The van der Waals surface area contributed by atoms with Gasteiger partial charge in [0.15, 0.2) is 0 Å². The van der Waals surface area contributed by atoms with Crippen LogP contribution in [0.3, 0.4) is 0 Å². The molecule has 1 atom stereocenters. The van der Waals surface area contributed by atoms with Crippen LogP contribution in [-0.2, 0) is 13.0 Å². The number of carbonyl (C=O) groups excluding carboxylic acids is 2. The molecule has 1 fully saturated rings. The number of amides is 3. The van der Waals surface area contributed by atoms with Gasteiger partial charge in [-0.05, 0) is 42.2 Å². The van der Waals surface area contributed by atoms with E-state index in [0.29, 0.717) is 25.3 Å². The summed E-state index contributed by atoms with van der Waals surface area (Å²) >= 11 is 0. The van der Waals surface area contributed by atoms with Gasteiger partial charge in [0.2, 0.25) is 0 Å². The molecule has 5 nitrogen and oxygen atoms in total. The number of urea groups is 1. The van der Waals surface area contributed by atoms with Gasteiger partial charge in [-0.2, -0.15) is 0 Å². The van der Waals surface area contributed by atoms with Crippen LogP contribution in [0.2, 0.25) is 0 Å². The molecule has 2 aromatic rings. The highest BCUT2D eigenvalue weighted by molar-refractivity contribution is 5.99. The van der Waals surface area contributed by atoms with E-state index in [1.807, 2.05) is 25.1 Å². The molecule has 140 valence electrons. The predicted octanol–water partition coefficient (Wildman–Crippen LogP) is 3.33. The van der Waals surface area contributed by atoms with Crippen LogP contribution < -0.4 is 10.2 Å². The molecule has 6 heteroatoms. The highest BCUT2D eigenvalue weighted by atomic mass is 19.1. The molecule has 2 aromatic carbocycles. The third kappa shape index (κ3) is 3.16. The summed E-state index contributed by atoms with van der Waals surface area (Å²) in [7, 11) is 0. The minimum Gasteiger partial charge on any atom is -0.336 e. The topological polar surface area (TPSA) is 52.7 Å². The van der Waals surface area contributed by atoms with Gasteiger partial charge >= 0.3 is 6.03 Å². The maximum absolute atomic E-state index is 14.5. The Bertz CT molecular complexity index is 899. The number of fused-ring (bicyclic) bond motifs is 1. The molecule has 1 unspecified atom stereocenters. The molecule has 0 saturated carbocycles. The summed E-state index contributed by atoms with van der Waals surface area (Å²) < 4.78 is 14.5. The summed E-state index contributed by atoms with van der Waals surface area (Å²) in [6, 6.07) is 12.2. The first-order valence-electron chi connectivity index (χ1n) is 9.31. The van der Waals surface area contributed by atoms with Crippen LogP contribution in [0.15, 0.2) is 42.5 Å². The summed E-state index contributed by atoms with van der Waals surface area (Å²) in [5, 5.41) is 2.72. The van der Waals surface area contributed by atoms with Crippen LogP contribution in [0, 0.1) is 5.82 Å². The van der Waals surface area contributed by atoms with E-state index in [4.69, 9.17) is 0 Å². The number of hydrogen-bond acceptors (Lipinski definition) is 2. The second-order valence-electron chi connectivity index (χ2n) is 7.02. The largest absolute Gasteiger partial charge is 0.336 e. The SMILES string of the molecule is CCC1Cc2ccccc2CN1C(=O)c1cc(N2CCNC2=O)ccc1F. The number of benzene rings is 2. The molecule has 3 amide bonds. The van der Waals surface area contributed by atoms with Crippen LogP contribution in [0.4, 0.5) is 14.9 Å². The first-order valence-corrected chi connectivity index (χ1v) is 9.31. The maximum atomic E-state index is 14.5. The van der Waals surface area contributed by atoms with Crippen LogP contribution in [-0.4, -0.2) is 36.0 Å². The highest BCUT2D eigenvalue weighted by Crippen LogP contribution is 2.28. The fourth-order valence-electron chi connectivity index (χ4n) is 3.91. The Morgan fingerprint density at radius 3 is 2.70 bits per heavy atom. The quantitative estimate of drug-likeness (QED) is 0.905. The van der Waals surface area contributed by atoms with E-state index < -0.39 is 5.82 Å². The summed E-state index contributed by atoms with van der Waals surface area (Å²) in [4.78, 5) is 28.4. The van der Waals surface area contributed by atoms with Gasteiger partial charge < -0.3 is 10.2 Å². The number of nitrogens with zero attached hydrogens (tertiary/aromatic N) is 2. The monoisotopic (exact) mass is 367 g/mol. The van der Waals surface area contributed by atoms with Crippen molar-refractivity contribution in [3.8, 4) is 0 Å². The Balaban J connectivity index is 1.66. The summed E-state index contributed by atoms with van der Waals surface area (Å²) in [6.45, 7) is 3.56. The van der Waals surface area contributed by atoms with Gasteiger partial charge in [0.05, 0.1) is 5.56 Å². The number of nitrogens with one attached hydrogen (secondary N) is 1. The van der Waals surface area contributed by atoms with E-state index in [2.05, 4.69) is 11.4 Å². The lowest BCUT2D eigenvalue weighted by molar-refractivity contribution is 0.0630. The minimum atomic E-state index is -0.558. The van der Waals surface area contributed by atoms with E-state index in [9.17, 15) is 14.0 Å². The van der Waals surface area contributed by atoms with Crippen LogP contribution in [0.1, 0.15) is 34.8 Å². The molecule has 0 spiro atoms. The zero-order valence-electron chi connectivity index (χ0n) is 15.2. The second-order valence-corrected chi connectivity index (χ2v) is 7.02. The van der Waals surface area contributed by atoms with Gasteiger partial charge in [-0.1, -0.05) is 31.2 Å². The fraction of sp³-hybridized carbons (Fsp3) is 0.333. The van der Waals surface area contributed by atoms with E-state index in [-0.39, 0.29) is 23.5 Å². The molecule has 0 radical (unpaired) electrons. The lowest BCUT2D eigenvalue weighted by Crippen LogP contribution is -2.44. The van der Waals surface area contributed by atoms with Gasteiger partial charge in [-0.15, -0.1) is 0 Å². The van der Waals surface area contributed by atoms with Crippen LogP contribution in [0.25, 0.3) is 0 Å². The molecule has 4 rings (SSSR count). The van der Waals surface area contributed by atoms with E-state index in [1.54, 1.807) is 11.0 Å². The molecule has 1 N–H and O–H groups in total. The van der Waals surface area contributed by atoms with Crippen molar-refractivity contribution >= 4 is 17.6 Å². The number of halogens is 1. The van der Waals surface area contributed by atoms with E-state index in [0.717, 1.165) is 18.4 Å². The summed E-state index contributed by atoms with van der Waals surface area (Å²) in [6.07, 6.45) is 1.57. The lowest BCUT2D eigenvalue weighted by atomic mass is 9.92. The van der Waals surface area contributed by atoms with Crippen molar-refractivity contribution in [2.45, 2.75) is 32.4 Å². The Morgan fingerprint density at radius 2 is 2.00 bits per heavy atom. The van der Waals surface area contributed by atoms with Crippen LogP contribution >= 0.6 is 0 Å². The molecule has 2 heterocycles. The van der Waals surface area contributed by atoms with Gasteiger partial charge in [0.1, 0.15) is 5.82 Å². The zero-order valence-corrected chi connectivity index (χ0v) is 15.2. The number of anilines is 1. The first-order chi connectivity index (χ1) is 13.1. The third-order valence-corrected chi connectivity index (χ3v) is 5.44. The Morgan fingerprint density at radius 1 is 1.22 bits per heavy atom. The van der Waals surface area contributed by atoms with Gasteiger partial charge in [-0.3, -0.25) is 9.69 Å². The first kappa shape index (κ1) is 17.5. The van der Waals surface area contributed by atoms with E-state index in [1.165, 1.54) is 22.6 Å². The van der Waals surface area contributed by atoms with Crippen molar-refractivity contribution in [1.29, 1.82) is 0 Å². The van der Waals surface area contributed by atoms with E-state index >= 15 is 0 Å². The second kappa shape index (κ2) is 7.02. The number of carbonyl (C=O) groups is 2. The summed E-state index contributed by atoms with van der Waals surface area (Å²) in [5.41, 5.74) is 2.91. The molecular weight excluding hydrogens is 345 g/mol. The molecule has 2 aliphatic heterocycles. The van der Waals surface area contributed by atoms with Crippen molar-refractivity contribution < 1.29 is 14.0 Å². The van der Waals surface area contributed by atoms with Gasteiger partial charge in [-0.25, -0.2) is 9.18 Å². The lowest BCUT2D eigenvalue weighted by Gasteiger charge is -2.36. The normalized spacial score (nSPS) is 19.0. The molecule has 1 saturated heterocycles. The molecule has 2 aliphatic rings.